The van der Waals surface area contributed by atoms with Gasteiger partial charge in [-0.3, -0.25) is 4.79 Å². The molecule has 3 nitrogen and oxygen atoms in total. The SMILES string of the molecule is C=C(Br)CNC(=O)C1(C)CCNC1.Cl. The van der Waals surface area contributed by atoms with Gasteiger partial charge in [0.2, 0.25) is 5.91 Å². The van der Waals surface area contributed by atoms with E-state index in [2.05, 4.69) is 33.1 Å². The number of hydrogen-bond donors (Lipinski definition) is 2. The first kappa shape index (κ1) is 13.9. The Kier molecular flexibility index (Phi) is 5.71. The molecule has 1 aliphatic heterocycles. The van der Waals surface area contributed by atoms with Crippen molar-refractivity contribution < 1.29 is 4.79 Å². The molecule has 0 aromatic heterocycles. The van der Waals surface area contributed by atoms with Crippen molar-refractivity contribution in [2.45, 2.75) is 13.3 Å². The average Bonchev–Trinajstić information content (AvgIpc) is 2.49. The molecule has 1 rings (SSSR count). The van der Waals surface area contributed by atoms with E-state index < -0.39 is 0 Å². The second-order valence-electron chi connectivity index (χ2n) is 3.69. The molecule has 1 heterocycles. The number of nitrogens with one attached hydrogen (secondary N) is 2. The minimum absolute atomic E-state index is 0. The van der Waals surface area contributed by atoms with Gasteiger partial charge in [0.15, 0.2) is 0 Å². The summed E-state index contributed by atoms with van der Waals surface area (Å²) >= 11 is 3.20. The Hall–Kier alpha value is -0.0600. The van der Waals surface area contributed by atoms with E-state index in [4.69, 9.17) is 0 Å². The molecule has 1 amide bonds. The number of hydrogen-bond acceptors (Lipinski definition) is 2. The fourth-order valence-corrected chi connectivity index (χ4v) is 1.54. The van der Waals surface area contributed by atoms with Crippen LogP contribution >= 0.6 is 28.3 Å². The number of carbonyl (C=O) groups excluding carboxylic acids is 1. The molecule has 5 heteroatoms. The molecular formula is C9H16BrClN2O. The van der Waals surface area contributed by atoms with Crippen LogP contribution in [0.25, 0.3) is 0 Å². The van der Waals surface area contributed by atoms with Crippen molar-refractivity contribution in [3.63, 3.8) is 0 Å². The topological polar surface area (TPSA) is 41.1 Å². The highest BCUT2D eigenvalue weighted by Crippen LogP contribution is 2.24. The van der Waals surface area contributed by atoms with E-state index in [-0.39, 0.29) is 23.7 Å². The van der Waals surface area contributed by atoms with E-state index >= 15 is 0 Å². The highest BCUT2D eigenvalue weighted by atomic mass is 79.9. The molecule has 0 aliphatic carbocycles. The molecule has 1 aliphatic rings. The summed E-state index contributed by atoms with van der Waals surface area (Å²) in [5.41, 5.74) is -0.234. The molecule has 0 radical (unpaired) electrons. The summed E-state index contributed by atoms with van der Waals surface area (Å²) < 4.78 is 0.801. The van der Waals surface area contributed by atoms with Crippen LogP contribution in [-0.4, -0.2) is 25.5 Å². The average molecular weight is 284 g/mol. The van der Waals surface area contributed by atoms with E-state index in [1.165, 1.54) is 0 Å². The predicted octanol–water partition coefficient (Wildman–Crippen LogP) is 1.43. The van der Waals surface area contributed by atoms with Crippen molar-refractivity contribution >= 4 is 34.2 Å². The van der Waals surface area contributed by atoms with Gasteiger partial charge in [-0.15, -0.1) is 12.4 Å². The van der Waals surface area contributed by atoms with Crippen LogP contribution in [0.3, 0.4) is 0 Å². The van der Waals surface area contributed by atoms with Gasteiger partial charge in [-0.25, -0.2) is 0 Å². The van der Waals surface area contributed by atoms with E-state index in [1.807, 2.05) is 6.92 Å². The van der Waals surface area contributed by atoms with E-state index in [9.17, 15) is 4.79 Å². The Morgan fingerprint density at radius 2 is 2.36 bits per heavy atom. The monoisotopic (exact) mass is 282 g/mol. The summed E-state index contributed by atoms with van der Waals surface area (Å²) in [5.74, 6) is 0.109. The zero-order valence-electron chi connectivity index (χ0n) is 8.23. The van der Waals surface area contributed by atoms with Crippen molar-refractivity contribution in [1.29, 1.82) is 0 Å². The third-order valence-electron chi connectivity index (χ3n) is 2.36. The number of rotatable bonds is 3. The maximum Gasteiger partial charge on any atom is 0.227 e. The first-order chi connectivity index (χ1) is 6.04. The van der Waals surface area contributed by atoms with Crippen LogP contribution < -0.4 is 10.6 Å². The third kappa shape index (κ3) is 3.59. The van der Waals surface area contributed by atoms with Gasteiger partial charge in [-0.2, -0.15) is 0 Å². The maximum absolute atomic E-state index is 11.7. The summed E-state index contributed by atoms with van der Waals surface area (Å²) in [4.78, 5) is 11.7. The van der Waals surface area contributed by atoms with Gasteiger partial charge < -0.3 is 10.6 Å². The van der Waals surface area contributed by atoms with Crippen LogP contribution in [0.15, 0.2) is 11.1 Å². The summed E-state index contributed by atoms with van der Waals surface area (Å²) in [6.07, 6.45) is 0.910. The minimum Gasteiger partial charge on any atom is -0.351 e. The normalized spacial score (nSPS) is 25.3. The lowest BCUT2D eigenvalue weighted by molar-refractivity contribution is -0.128. The smallest absolute Gasteiger partial charge is 0.227 e. The number of halogens is 2. The van der Waals surface area contributed by atoms with Gasteiger partial charge in [0.1, 0.15) is 0 Å². The Bertz CT molecular complexity index is 227. The van der Waals surface area contributed by atoms with Crippen molar-refractivity contribution in [1.82, 2.24) is 10.6 Å². The lowest BCUT2D eigenvalue weighted by Crippen LogP contribution is -2.40. The molecule has 0 bridgehead atoms. The van der Waals surface area contributed by atoms with Crippen LogP contribution in [0.2, 0.25) is 0 Å². The second-order valence-corrected chi connectivity index (χ2v) is 4.81. The summed E-state index contributed by atoms with van der Waals surface area (Å²) in [6, 6.07) is 0. The fraction of sp³-hybridized carbons (Fsp3) is 0.667. The van der Waals surface area contributed by atoms with Crippen LogP contribution in [0.5, 0.6) is 0 Å². The molecule has 0 spiro atoms. The largest absolute Gasteiger partial charge is 0.351 e. The summed E-state index contributed by atoms with van der Waals surface area (Å²) in [7, 11) is 0. The molecule has 0 saturated carbocycles. The summed E-state index contributed by atoms with van der Waals surface area (Å²) in [6.45, 7) is 7.86. The molecule has 1 saturated heterocycles. The molecular weight excluding hydrogens is 267 g/mol. The molecule has 0 aromatic carbocycles. The zero-order valence-corrected chi connectivity index (χ0v) is 10.6. The molecule has 1 atom stereocenters. The van der Waals surface area contributed by atoms with Crippen molar-refractivity contribution in [2.24, 2.45) is 5.41 Å². The van der Waals surface area contributed by atoms with Crippen LogP contribution in [0, 0.1) is 5.41 Å². The minimum atomic E-state index is -0.234. The van der Waals surface area contributed by atoms with Crippen LogP contribution in [0.4, 0.5) is 0 Å². The van der Waals surface area contributed by atoms with Gasteiger partial charge in [0.25, 0.3) is 0 Å². The Balaban J connectivity index is 0.00000169. The van der Waals surface area contributed by atoms with Gasteiger partial charge in [-0.1, -0.05) is 22.5 Å². The van der Waals surface area contributed by atoms with Crippen molar-refractivity contribution in [2.75, 3.05) is 19.6 Å². The molecule has 1 fully saturated rings. The molecule has 1 unspecified atom stereocenters. The third-order valence-corrected chi connectivity index (χ3v) is 2.64. The number of carbonyl (C=O) groups is 1. The first-order valence-corrected chi connectivity index (χ1v) is 5.16. The standard InChI is InChI=1S/C9H15BrN2O.ClH/c1-7(10)5-12-8(13)9(2)3-4-11-6-9;/h11H,1,3-6H2,2H3,(H,12,13);1H. The lowest BCUT2D eigenvalue weighted by atomic mass is 9.89. The lowest BCUT2D eigenvalue weighted by Gasteiger charge is -2.21. The molecule has 82 valence electrons. The fourth-order valence-electron chi connectivity index (χ4n) is 1.40. The van der Waals surface area contributed by atoms with Gasteiger partial charge in [-0.05, 0) is 19.9 Å². The Morgan fingerprint density at radius 1 is 1.71 bits per heavy atom. The Labute approximate surface area is 99.2 Å². The first-order valence-electron chi connectivity index (χ1n) is 4.37. The quantitative estimate of drug-likeness (QED) is 0.823. The van der Waals surface area contributed by atoms with E-state index in [0.717, 1.165) is 24.0 Å². The van der Waals surface area contributed by atoms with Crippen LogP contribution in [0.1, 0.15) is 13.3 Å². The molecule has 0 aromatic rings. The summed E-state index contributed by atoms with van der Waals surface area (Å²) in [5, 5.41) is 6.03. The molecule has 2 N–H and O–H groups in total. The highest BCUT2D eigenvalue weighted by Gasteiger charge is 2.35. The van der Waals surface area contributed by atoms with Crippen molar-refractivity contribution in [3.05, 3.63) is 11.1 Å². The Morgan fingerprint density at radius 3 is 2.79 bits per heavy atom. The second kappa shape index (κ2) is 5.73. The van der Waals surface area contributed by atoms with Crippen LogP contribution in [-0.2, 0) is 4.79 Å². The molecule has 14 heavy (non-hydrogen) atoms. The highest BCUT2D eigenvalue weighted by molar-refractivity contribution is 9.11. The number of amides is 1. The van der Waals surface area contributed by atoms with Gasteiger partial charge in [0.05, 0.1) is 5.41 Å². The zero-order chi connectivity index (χ0) is 9.90. The van der Waals surface area contributed by atoms with Gasteiger partial charge in [0, 0.05) is 17.6 Å². The maximum atomic E-state index is 11.7. The predicted molar refractivity (Wildman–Crippen MR) is 63.9 cm³/mol. The van der Waals surface area contributed by atoms with Crippen molar-refractivity contribution in [3.8, 4) is 0 Å². The van der Waals surface area contributed by atoms with E-state index in [1.54, 1.807) is 0 Å². The van der Waals surface area contributed by atoms with E-state index in [0.29, 0.717) is 6.54 Å². The van der Waals surface area contributed by atoms with Gasteiger partial charge >= 0.3 is 0 Å².